The quantitative estimate of drug-likeness (QED) is 0.798. The first-order chi connectivity index (χ1) is 11.6. The molecule has 1 atom stereocenters. The number of cyclic esters (lactones) is 1. The molecule has 1 aromatic heterocycles. The number of aromatic nitrogens is 1. The summed E-state index contributed by atoms with van der Waals surface area (Å²) in [4.78, 5) is 28.8. The van der Waals surface area contributed by atoms with Crippen LogP contribution in [-0.4, -0.2) is 22.6 Å². The van der Waals surface area contributed by atoms with E-state index in [4.69, 9.17) is 4.74 Å². The van der Waals surface area contributed by atoms with Crippen molar-refractivity contribution in [1.82, 2.24) is 4.98 Å². The minimum Gasteiger partial charge on any atom is -0.421 e. The summed E-state index contributed by atoms with van der Waals surface area (Å²) >= 11 is 0. The number of hydrogen-bond acceptors (Lipinski definition) is 5. The van der Waals surface area contributed by atoms with E-state index in [1.165, 1.54) is 5.01 Å². The maximum Gasteiger partial charge on any atom is 0.345 e. The maximum atomic E-state index is 12.7. The van der Waals surface area contributed by atoms with Gasteiger partial charge in [0.1, 0.15) is 11.6 Å². The first-order valence-electron chi connectivity index (χ1n) is 7.48. The van der Waals surface area contributed by atoms with Crippen LogP contribution in [0.1, 0.15) is 23.0 Å². The van der Waals surface area contributed by atoms with E-state index in [0.717, 1.165) is 0 Å². The number of hydrazone groups is 1. The summed E-state index contributed by atoms with van der Waals surface area (Å²) in [5, 5.41) is 5.70. The lowest BCUT2D eigenvalue weighted by Gasteiger charge is -2.12. The number of para-hydroxylation sites is 1. The van der Waals surface area contributed by atoms with E-state index in [-0.39, 0.29) is 5.91 Å². The van der Waals surface area contributed by atoms with Gasteiger partial charge >= 0.3 is 5.97 Å². The Kier molecular flexibility index (Phi) is 3.23. The van der Waals surface area contributed by atoms with Crippen molar-refractivity contribution in [2.45, 2.75) is 6.92 Å². The largest absolute Gasteiger partial charge is 0.421 e. The first-order valence-corrected chi connectivity index (χ1v) is 7.48. The molecular formula is C18H13N3O3. The normalized spacial score (nSPS) is 21.0. The second kappa shape index (κ2) is 5.42. The van der Waals surface area contributed by atoms with Gasteiger partial charge in [-0.05, 0) is 37.3 Å². The number of benzene rings is 1. The molecule has 0 saturated carbocycles. The van der Waals surface area contributed by atoms with Gasteiger partial charge in [0, 0.05) is 6.20 Å². The van der Waals surface area contributed by atoms with Crippen molar-refractivity contribution < 1.29 is 14.3 Å². The number of hydrogen-bond donors (Lipinski definition) is 0. The Morgan fingerprint density at radius 1 is 1.12 bits per heavy atom. The molecule has 118 valence electrons. The first kappa shape index (κ1) is 14.3. The summed E-state index contributed by atoms with van der Waals surface area (Å²) in [6.07, 6.45) is 3.20. The fraction of sp³-hybridized carbons (Fsp3) is 0.111. The van der Waals surface area contributed by atoms with Crippen molar-refractivity contribution in [3.8, 4) is 0 Å². The molecule has 6 nitrogen and oxygen atoms in total. The fourth-order valence-corrected chi connectivity index (χ4v) is 2.76. The third kappa shape index (κ3) is 2.20. The van der Waals surface area contributed by atoms with Crippen molar-refractivity contribution in [2.24, 2.45) is 11.0 Å². The van der Waals surface area contributed by atoms with Crippen LogP contribution in [0.3, 0.4) is 0 Å². The Labute approximate surface area is 138 Å². The standard InChI is InChI=1S/C18H13N3O3/c1-11-14(17(22)21(20-11)12-6-3-2-4-7-12)10-15-16-13(18(23)24-15)8-5-9-19-16/h2-10,14H,1H3/b15-10+. The molecule has 1 unspecified atom stereocenters. The van der Waals surface area contributed by atoms with Crippen LogP contribution in [0.25, 0.3) is 5.76 Å². The summed E-state index contributed by atoms with van der Waals surface area (Å²) in [6.45, 7) is 1.78. The van der Waals surface area contributed by atoms with E-state index in [9.17, 15) is 9.59 Å². The lowest BCUT2D eigenvalue weighted by molar-refractivity contribution is -0.118. The lowest BCUT2D eigenvalue weighted by atomic mass is 10.0. The van der Waals surface area contributed by atoms with Gasteiger partial charge < -0.3 is 4.74 Å². The highest BCUT2D eigenvalue weighted by Crippen LogP contribution is 2.31. The Bertz CT molecular complexity index is 903. The minimum absolute atomic E-state index is 0.188. The smallest absolute Gasteiger partial charge is 0.345 e. The van der Waals surface area contributed by atoms with Crippen LogP contribution in [-0.2, 0) is 9.53 Å². The number of carbonyl (C=O) groups is 2. The van der Waals surface area contributed by atoms with Gasteiger partial charge in [-0.2, -0.15) is 10.1 Å². The molecule has 0 aliphatic carbocycles. The molecule has 0 radical (unpaired) electrons. The third-order valence-electron chi connectivity index (χ3n) is 3.97. The molecular weight excluding hydrogens is 306 g/mol. The van der Waals surface area contributed by atoms with Crippen LogP contribution in [0.15, 0.2) is 59.8 Å². The molecule has 4 rings (SSSR count). The number of ether oxygens (including phenoxy) is 1. The van der Waals surface area contributed by atoms with Gasteiger partial charge in [0.25, 0.3) is 5.91 Å². The number of amides is 1. The van der Waals surface area contributed by atoms with Crippen molar-refractivity contribution in [3.63, 3.8) is 0 Å². The highest BCUT2D eigenvalue weighted by atomic mass is 16.5. The summed E-state index contributed by atoms with van der Waals surface area (Å²) in [5.74, 6) is -0.921. The van der Waals surface area contributed by atoms with Crippen LogP contribution in [0.2, 0.25) is 0 Å². The summed E-state index contributed by atoms with van der Waals surface area (Å²) < 4.78 is 5.27. The number of rotatable bonds is 2. The second-order valence-electron chi connectivity index (χ2n) is 5.52. The highest BCUT2D eigenvalue weighted by molar-refractivity contribution is 6.17. The summed E-state index contributed by atoms with van der Waals surface area (Å²) in [7, 11) is 0. The SMILES string of the molecule is CC1=NN(c2ccccc2)C(=O)C1/C=C1/OC(=O)c2cccnc21. The zero-order valence-electron chi connectivity index (χ0n) is 12.8. The molecule has 0 bridgehead atoms. The molecule has 6 heteroatoms. The molecule has 24 heavy (non-hydrogen) atoms. The average Bonchev–Trinajstić information content (AvgIpc) is 3.08. The van der Waals surface area contributed by atoms with Gasteiger partial charge in [0.15, 0.2) is 5.76 Å². The number of esters is 1. The zero-order chi connectivity index (χ0) is 16.7. The molecule has 1 aromatic carbocycles. The Morgan fingerprint density at radius 3 is 2.71 bits per heavy atom. The second-order valence-corrected chi connectivity index (χ2v) is 5.52. The van der Waals surface area contributed by atoms with Crippen LogP contribution >= 0.6 is 0 Å². The van der Waals surface area contributed by atoms with Gasteiger partial charge in [0.2, 0.25) is 0 Å². The van der Waals surface area contributed by atoms with Gasteiger partial charge in [-0.1, -0.05) is 18.2 Å². The van der Waals surface area contributed by atoms with E-state index in [1.807, 2.05) is 30.3 Å². The molecule has 2 aliphatic rings. The molecule has 0 spiro atoms. The monoisotopic (exact) mass is 319 g/mol. The van der Waals surface area contributed by atoms with Gasteiger partial charge in [-0.3, -0.25) is 9.78 Å². The minimum atomic E-state index is -0.582. The van der Waals surface area contributed by atoms with Crippen molar-refractivity contribution in [3.05, 3.63) is 66.0 Å². The third-order valence-corrected chi connectivity index (χ3v) is 3.97. The Balaban J connectivity index is 1.68. The fourth-order valence-electron chi connectivity index (χ4n) is 2.76. The van der Waals surface area contributed by atoms with Crippen molar-refractivity contribution in [1.29, 1.82) is 0 Å². The molecule has 0 N–H and O–H groups in total. The van der Waals surface area contributed by atoms with Crippen molar-refractivity contribution in [2.75, 3.05) is 5.01 Å². The summed E-state index contributed by atoms with van der Waals surface area (Å²) in [5.41, 5.74) is 2.20. The van der Waals surface area contributed by atoms with Crippen LogP contribution < -0.4 is 5.01 Å². The number of fused-ring (bicyclic) bond motifs is 1. The number of anilines is 1. The van der Waals surface area contributed by atoms with E-state index in [2.05, 4.69) is 10.1 Å². The molecule has 3 heterocycles. The number of pyridine rings is 1. The molecule has 2 aliphatic heterocycles. The highest BCUT2D eigenvalue weighted by Gasteiger charge is 2.36. The van der Waals surface area contributed by atoms with Crippen LogP contribution in [0.5, 0.6) is 0 Å². The molecule has 0 fully saturated rings. The van der Waals surface area contributed by atoms with Gasteiger partial charge in [0.05, 0.1) is 17.0 Å². The van der Waals surface area contributed by atoms with Gasteiger partial charge in [-0.25, -0.2) is 4.79 Å². The topological polar surface area (TPSA) is 71.9 Å². The average molecular weight is 319 g/mol. The van der Waals surface area contributed by atoms with E-state index < -0.39 is 11.9 Å². The van der Waals surface area contributed by atoms with Crippen molar-refractivity contribution >= 4 is 29.0 Å². The van der Waals surface area contributed by atoms with Crippen LogP contribution in [0.4, 0.5) is 5.69 Å². The van der Waals surface area contributed by atoms with Crippen LogP contribution in [0, 0.1) is 5.92 Å². The molecule has 2 aromatic rings. The molecule has 1 amide bonds. The predicted octanol–water partition coefficient (Wildman–Crippen LogP) is 2.63. The number of carbonyl (C=O) groups excluding carboxylic acids is 2. The van der Waals surface area contributed by atoms with E-state index in [1.54, 1.807) is 31.3 Å². The zero-order valence-corrected chi connectivity index (χ0v) is 12.8. The Hall–Kier alpha value is -3.28. The Morgan fingerprint density at radius 2 is 1.92 bits per heavy atom. The summed E-state index contributed by atoms with van der Waals surface area (Å²) in [6, 6.07) is 12.5. The molecule has 0 saturated heterocycles. The maximum absolute atomic E-state index is 12.7. The van der Waals surface area contributed by atoms with E-state index in [0.29, 0.717) is 28.4 Å². The lowest BCUT2D eigenvalue weighted by Crippen LogP contribution is -2.26. The van der Waals surface area contributed by atoms with Gasteiger partial charge in [-0.15, -0.1) is 0 Å². The predicted molar refractivity (Wildman–Crippen MR) is 88.2 cm³/mol. The number of nitrogens with zero attached hydrogens (tertiary/aromatic N) is 3. The van der Waals surface area contributed by atoms with E-state index >= 15 is 0 Å².